The quantitative estimate of drug-likeness (QED) is 0.288. The molecule has 0 aliphatic rings. The number of rotatable bonds is 4. The van der Waals surface area contributed by atoms with E-state index in [-0.39, 0.29) is 22.6 Å². The second-order valence-electron chi connectivity index (χ2n) is 6.21. The highest BCUT2D eigenvalue weighted by Crippen LogP contribution is 2.35. The molecule has 29 heavy (non-hydrogen) atoms. The Hall–Kier alpha value is -3.13. The maximum atomic E-state index is 13.2. The summed E-state index contributed by atoms with van der Waals surface area (Å²) in [6.07, 6.45) is 4.04. The minimum atomic E-state index is -0.663. The molecular formula is C21H20FN3O3S. The second-order valence-corrected chi connectivity index (χ2v) is 7.01. The van der Waals surface area contributed by atoms with Crippen LogP contribution in [0.4, 0.5) is 10.1 Å². The van der Waals surface area contributed by atoms with Gasteiger partial charge in [0.15, 0.2) is 10.9 Å². The Kier molecular flexibility index (Phi) is 6.33. The van der Waals surface area contributed by atoms with Gasteiger partial charge >= 0.3 is 5.97 Å². The van der Waals surface area contributed by atoms with E-state index < -0.39 is 5.97 Å². The zero-order valence-corrected chi connectivity index (χ0v) is 17.0. The number of carbonyl (C=O) groups is 1. The third kappa shape index (κ3) is 4.48. The molecule has 1 aromatic heterocycles. The van der Waals surface area contributed by atoms with Gasteiger partial charge in [-0.15, -0.1) is 0 Å². The smallest absolute Gasteiger partial charge is 0.341 e. The van der Waals surface area contributed by atoms with Gasteiger partial charge in [0.25, 0.3) is 0 Å². The van der Waals surface area contributed by atoms with Crippen LogP contribution >= 0.6 is 11.8 Å². The number of carbonyl (C=O) groups excluding carboxylic acids is 1. The summed E-state index contributed by atoms with van der Waals surface area (Å²) < 4.78 is 17.9. The van der Waals surface area contributed by atoms with Crippen LogP contribution in [-0.2, 0) is 11.2 Å². The van der Waals surface area contributed by atoms with Gasteiger partial charge in [-0.1, -0.05) is 23.9 Å². The van der Waals surface area contributed by atoms with Gasteiger partial charge in [-0.25, -0.2) is 9.18 Å². The van der Waals surface area contributed by atoms with E-state index in [1.165, 1.54) is 37.1 Å². The molecule has 0 spiro atoms. The highest BCUT2D eigenvalue weighted by atomic mass is 32.2. The number of phenolic OH excluding ortho intramolecular Hbond substituents is 1. The van der Waals surface area contributed by atoms with Crippen LogP contribution in [0.5, 0.6) is 5.75 Å². The van der Waals surface area contributed by atoms with Crippen LogP contribution in [-0.4, -0.2) is 41.6 Å². The first-order chi connectivity index (χ1) is 14.0. The first-order valence-electron chi connectivity index (χ1n) is 8.72. The molecule has 3 aromatic rings. The summed E-state index contributed by atoms with van der Waals surface area (Å²) in [5.41, 5.74) is 2.66. The van der Waals surface area contributed by atoms with Crippen molar-refractivity contribution in [3.05, 3.63) is 65.1 Å². The summed E-state index contributed by atoms with van der Waals surface area (Å²) in [5, 5.41) is 15.0. The van der Waals surface area contributed by atoms with Crippen molar-refractivity contribution < 1.29 is 19.0 Å². The lowest BCUT2D eigenvalue weighted by atomic mass is 10.0. The van der Waals surface area contributed by atoms with Crippen LogP contribution < -0.4 is 5.32 Å². The lowest BCUT2D eigenvalue weighted by molar-refractivity contribution is 0.0598. The van der Waals surface area contributed by atoms with Crippen molar-refractivity contribution in [2.24, 2.45) is 4.99 Å². The van der Waals surface area contributed by atoms with E-state index >= 15 is 0 Å². The van der Waals surface area contributed by atoms with Gasteiger partial charge in [0.1, 0.15) is 16.9 Å². The summed E-state index contributed by atoms with van der Waals surface area (Å²) in [7, 11) is 2.90. The first kappa shape index (κ1) is 20.6. The summed E-state index contributed by atoms with van der Waals surface area (Å²) in [6.45, 7) is 0. The molecule has 6 nitrogen and oxygen atoms in total. The van der Waals surface area contributed by atoms with Gasteiger partial charge in [0, 0.05) is 18.6 Å². The number of aromatic nitrogens is 1. The molecule has 0 aliphatic carbocycles. The molecule has 0 atom stereocenters. The van der Waals surface area contributed by atoms with E-state index in [1.54, 1.807) is 25.4 Å². The molecule has 8 heteroatoms. The monoisotopic (exact) mass is 413 g/mol. The van der Waals surface area contributed by atoms with Crippen LogP contribution in [0.3, 0.4) is 0 Å². The number of nitrogens with zero attached hydrogens (tertiary/aromatic N) is 2. The van der Waals surface area contributed by atoms with Crippen LogP contribution in [0.1, 0.15) is 21.5 Å². The van der Waals surface area contributed by atoms with Crippen LogP contribution in [0.2, 0.25) is 0 Å². The number of anilines is 1. The third-order valence-corrected chi connectivity index (χ3v) is 5.04. The van der Waals surface area contributed by atoms with Crippen LogP contribution in [0, 0.1) is 5.82 Å². The van der Waals surface area contributed by atoms with Crippen molar-refractivity contribution >= 4 is 39.5 Å². The fraction of sp³-hybridized carbons (Fsp3) is 0.190. The van der Waals surface area contributed by atoms with Crippen molar-refractivity contribution in [1.29, 1.82) is 0 Å². The Labute approximate surface area is 171 Å². The average molecular weight is 413 g/mol. The molecule has 1 heterocycles. The minimum absolute atomic E-state index is 0.0119. The maximum absolute atomic E-state index is 13.2. The number of hydrogen-bond donors (Lipinski definition) is 2. The number of halogens is 1. The zero-order chi connectivity index (χ0) is 21.0. The molecular weight excluding hydrogens is 393 g/mol. The van der Waals surface area contributed by atoms with E-state index in [9.17, 15) is 14.3 Å². The van der Waals surface area contributed by atoms with Gasteiger partial charge in [0.05, 0.1) is 12.8 Å². The Balaban J connectivity index is 2.12. The van der Waals surface area contributed by atoms with E-state index in [4.69, 9.17) is 4.74 Å². The predicted octanol–water partition coefficient (Wildman–Crippen LogP) is 4.22. The number of nitrogens with one attached hydrogen (secondary N) is 1. The van der Waals surface area contributed by atoms with Crippen LogP contribution in [0.15, 0.2) is 47.6 Å². The van der Waals surface area contributed by atoms with E-state index in [1.807, 2.05) is 12.3 Å². The molecule has 150 valence electrons. The van der Waals surface area contributed by atoms with Gasteiger partial charge < -0.3 is 15.2 Å². The topological polar surface area (TPSA) is 83.8 Å². The number of thioether (sulfide) groups is 1. The largest absolute Gasteiger partial charge is 0.505 e. The number of amidine groups is 1. The third-order valence-electron chi connectivity index (χ3n) is 4.37. The summed E-state index contributed by atoms with van der Waals surface area (Å²) in [5.74, 6) is -1.20. The normalized spacial score (nSPS) is 11.5. The minimum Gasteiger partial charge on any atom is -0.505 e. The van der Waals surface area contributed by atoms with E-state index in [0.29, 0.717) is 22.7 Å². The van der Waals surface area contributed by atoms with Gasteiger partial charge in [-0.05, 0) is 48.1 Å². The number of fused-ring (bicyclic) bond motifs is 1. The number of esters is 1. The number of methoxy groups -OCH3 is 1. The lowest BCUT2D eigenvalue weighted by Crippen LogP contribution is -2.10. The fourth-order valence-electron chi connectivity index (χ4n) is 2.94. The van der Waals surface area contributed by atoms with Crippen molar-refractivity contribution in [3.8, 4) is 5.75 Å². The standard InChI is InChI=1S/C21H20FN3O3S/c1-23-21(29-3)25-17-10-16(20(27)28-2)19(26)18-15(17)9-13(11-24-18)8-12-4-6-14(22)7-5-12/h4-7,9-11,26H,8H2,1-3H3,(H,23,25). The Bertz CT molecular complexity index is 1080. The first-order valence-corrected chi connectivity index (χ1v) is 9.94. The molecule has 3 rings (SSSR count). The van der Waals surface area contributed by atoms with E-state index in [0.717, 1.165) is 11.1 Å². The van der Waals surface area contributed by atoms with Crippen molar-refractivity contribution in [1.82, 2.24) is 4.98 Å². The molecule has 0 aliphatic heterocycles. The molecule has 0 saturated heterocycles. The number of pyridine rings is 1. The maximum Gasteiger partial charge on any atom is 0.341 e. The Morgan fingerprint density at radius 1 is 1.28 bits per heavy atom. The molecule has 0 bridgehead atoms. The number of aliphatic imine (C=N–C) groups is 1. The summed E-state index contributed by atoms with van der Waals surface area (Å²) in [4.78, 5) is 20.6. The van der Waals surface area contributed by atoms with E-state index in [2.05, 4.69) is 15.3 Å². The molecule has 2 aromatic carbocycles. The molecule has 0 amide bonds. The summed E-state index contributed by atoms with van der Waals surface area (Å²) in [6, 6.07) is 9.65. The number of phenols is 1. The molecule has 0 radical (unpaired) electrons. The Morgan fingerprint density at radius 2 is 2.00 bits per heavy atom. The molecule has 0 saturated carbocycles. The van der Waals surface area contributed by atoms with Crippen LogP contribution in [0.25, 0.3) is 10.9 Å². The molecule has 0 unspecified atom stereocenters. The number of ether oxygens (including phenoxy) is 1. The zero-order valence-electron chi connectivity index (χ0n) is 16.2. The van der Waals surface area contributed by atoms with Crippen molar-refractivity contribution in [2.45, 2.75) is 6.42 Å². The highest BCUT2D eigenvalue weighted by Gasteiger charge is 2.19. The predicted molar refractivity (Wildman–Crippen MR) is 114 cm³/mol. The number of aromatic hydroxyl groups is 1. The van der Waals surface area contributed by atoms with Gasteiger partial charge in [0.2, 0.25) is 0 Å². The fourth-order valence-corrected chi connectivity index (χ4v) is 3.33. The SMILES string of the molecule is CN=C(Nc1cc(C(=O)OC)c(O)c2ncc(Cc3ccc(F)cc3)cc12)SC. The van der Waals surface area contributed by atoms with Gasteiger partial charge in [-0.3, -0.25) is 9.98 Å². The van der Waals surface area contributed by atoms with Crippen molar-refractivity contribution in [2.75, 3.05) is 25.7 Å². The van der Waals surface area contributed by atoms with Gasteiger partial charge in [-0.2, -0.15) is 0 Å². The second kappa shape index (κ2) is 8.91. The number of benzene rings is 2. The molecule has 0 fully saturated rings. The average Bonchev–Trinajstić information content (AvgIpc) is 2.74. The number of hydrogen-bond acceptors (Lipinski definition) is 6. The Morgan fingerprint density at radius 3 is 2.62 bits per heavy atom. The molecule has 2 N–H and O–H groups in total. The summed E-state index contributed by atoms with van der Waals surface area (Å²) >= 11 is 1.41. The highest BCUT2D eigenvalue weighted by molar-refractivity contribution is 8.13. The lowest BCUT2D eigenvalue weighted by Gasteiger charge is -2.14. The van der Waals surface area contributed by atoms with Crippen molar-refractivity contribution in [3.63, 3.8) is 0 Å².